The predicted molar refractivity (Wildman–Crippen MR) is 87.3 cm³/mol. The number of aromatic nitrogens is 2. The van der Waals surface area contributed by atoms with Gasteiger partial charge in [-0.2, -0.15) is 0 Å². The number of pyridine rings is 2. The van der Waals surface area contributed by atoms with Gasteiger partial charge in [0.1, 0.15) is 0 Å². The molecular weight excluding hydrogens is 435 g/mol. The first-order chi connectivity index (χ1) is 11.9. The number of nitrogens with one attached hydrogen (secondary N) is 1. The number of H-pyrrole nitrogens is 1. The first kappa shape index (κ1) is 16.4. The fourth-order valence-electron chi connectivity index (χ4n) is 3.50. The van der Waals surface area contributed by atoms with Gasteiger partial charge in [-0.05, 0) is 0 Å². The molecule has 0 bridgehead atoms. The molecule has 0 radical (unpaired) electrons. The summed E-state index contributed by atoms with van der Waals surface area (Å²) < 4.78 is 3.56. The number of carbonyl (C=O) groups excluding carboxylic acids is 2. The Kier molecular flexibility index (Phi) is 3.78. The van der Waals surface area contributed by atoms with E-state index in [4.69, 9.17) is 0 Å². The van der Waals surface area contributed by atoms with Gasteiger partial charge in [0.25, 0.3) is 0 Å². The molecule has 25 heavy (non-hydrogen) atoms. The van der Waals surface area contributed by atoms with Crippen LogP contribution < -0.4 is 32.3 Å². The Morgan fingerprint density at radius 3 is 2.48 bits per heavy atom. The number of nitrogens with zero attached hydrogens (tertiary/aromatic N) is 1. The molecule has 1 N–H and O–H groups in total. The topological polar surface area (TPSA) is 89.0 Å². The molecule has 0 saturated carbocycles. The van der Waals surface area contributed by atoms with Crippen molar-refractivity contribution in [1.29, 1.82) is 0 Å². The van der Waals surface area contributed by atoms with Crippen LogP contribution in [0.15, 0.2) is 21.7 Å². The van der Waals surface area contributed by atoms with Gasteiger partial charge in [-0.15, -0.1) is 0 Å². The summed E-state index contributed by atoms with van der Waals surface area (Å²) >= 11 is 0.280. The second-order valence-corrected chi connectivity index (χ2v) is 9.42. The van der Waals surface area contributed by atoms with Crippen LogP contribution >= 0.6 is 0 Å². The molecular formula is C18H16IN2O4-. The van der Waals surface area contributed by atoms with Crippen LogP contribution in [0.4, 0.5) is 0 Å². The van der Waals surface area contributed by atoms with Crippen molar-refractivity contribution < 1.29 is 30.8 Å². The summed E-state index contributed by atoms with van der Waals surface area (Å²) in [5.74, 6) is -0.241. The molecule has 0 atom stereocenters. The molecule has 1 aliphatic heterocycles. The summed E-state index contributed by atoms with van der Waals surface area (Å²) in [4.78, 5) is 52.8. The molecule has 130 valence electrons. The number of aryl methyl sites for hydroxylation is 1. The molecule has 4 rings (SSSR count). The molecule has 2 aromatic heterocycles. The summed E-state index contributed by atoms with van der Waals surface area (Å²) in [6.07, 6.45) is 0.658. The molecule has 2 aliphatic rings. The van der Waals surface area contributed by atoms with E-state index < -0.39 is 5.78 Å². The van der Waals surface area contributed by atoms with E-state index in [9.17, 15) is 19.2 Å². The summed E-state index contributed by atoms with van der Waals surface area (Å²) in [5, 5.41) is 0. The van der Waals surface area contributed by atoms with Gasteiger partial charge in [0.15, 0.2) is 0 Å². The Morgan fingerprint density at radius 2 is 1.84 bits per heavy atom. The summed E-state index contributed by atoms with van der Waals surface area (Å²) in [6, 6.07) is 2.82. The molecule has 3 heterocycles. The van der Waals surface area contributed by atoms with Crippen LogP contribution in [0.25, 0.3) is 0 Å². The Bertz CT molecular complexity index is 1060. The molecule has 0 spiro atoms. The number of fused-ring (bicyclic) bond motifs is 2. The van der Waals surface area contributed by atoms with Crippen molar-refractivity contribution in [1.82, 2.24) is 9.55 Å². The minimum absolute atomic E-state index is 0.0228. The van der Waals surface area contributed by atoms with Crippen LogP contribution in [-0.4, -0.2) is 30.0 Å². The standard InChI is InChI=1S/C18H16IN2O4/c1-8-3-12(23)21(2)16-13(8)17(24)14-10(4-9-6-19-7-9)5-11(22)20-15(14)18(16)25/h3,5,9H,4,6-7H2,1-2H3,(H,20,22)/q-1. The van der Waals surface area contributed by atoms with E-state index in [2.05, 4.69) is 4.98 Å². The molecule has 6 nitrogen and oxygen atoms in total. The second-order valence-electron chi connectivity index (χ2n) is 6.58. The Morgan fingerprint density at radius 1 is 1.12 bits per heavy atom. The van der Waals surface area contributed by atoms with Gasteiger partial charge in [-0.1, -0.05) is 0 Å². The predicted octanol–water partition coefficient (Wildman–Crippen LogP) is -2.58. The van der Waals surface area contributed by atoms with E-state index in [1.54, 1.807) is 6.92 Å². The average molecular weight is 451 g/mol. The molecule has 1 saturated heterocycles. The Labute approximate surface area is 153 Å². The van der Waals surface area contributed by atoms with E-state index in [1.165, 1.54) is 32.6 Å². The maximum absolute atomic E-state index is 13.2. The van der Waals surface area contributed by atoms with Crippen molar-refractivity contribution in [3.05, 3.63) is 66.5 Å². The summed E-state index contributed by atoms with van der Waals surface area (Å²) in [7, 11) is 1.47. The van der Waals surface area contributed by atoms with E-state index in [-0.39, 0.29) is 55.1 Å². The van der Waals surface area contributed by atoms with Crippen LogP contribution in [0.1, 0.15) is 43.2 Å². The fraction of sp³-hybridized carbons (Fsp3) is 0.333. The number of carbonyl (C=O) groups is 2. The van der Waals surface area contributed by atoms with Crippen LogP contribution in [-0.2, 0) is 13.5 Å². The summed E-state index contributed by atoms with van der Waals surface area (Å²) in [5.41, 5.74) is 1.08. The molecule has 0 aromatic carbocycles. The van der Waals surface area contributed by atoms with Gasteiger partial charge < -0.3 is 0 Å². The number of alkyl halides is 2. The monoisotopic (exact) mass is 451 g/mol. The first-order valence-electron chi connectivity index (χ1n) is 7.98. The zero-order valence-corrected chi connectivity index (χ0v) is 16.0. The number of rotatable bonds is 2. The molecule has 2 aromatic rings. The van der Waals surface area contributed by atoms with Crippen molar-refractivity contribution in [2.75, 3.05) is 8.86 Å². The van der Waals surface area contributed by atoms with Crippen molar-refractivity contribution >= 4 is 11.6 Å². The molecule has 7 heteroatoms. The molecule has 1 aliphatic carbocycles. The SMILES string of the molecule is Cc1cc(=O)n(C)c2c1C(=O)c1c(CC3C[I-]C3)cc(=O)[nH]c1C2=O. The van der Waals surface area contributed by atoms with Crippen molar-refractivity contribution in [2.24, 2.45) is 13.0 Å². The third kappa shape index (κ3) is 2.44. The van der Waals surface area contributed by atoms with Gasteiger partial charge in [-0.3, -0.25) is 0 Å². The van der Waals surface area contributed by atoms with Crippen molar-refractivity contribution in [3.8, 4) is 0 Å². The van der Waals surface area contributed by atoms with E-state index in [1.807, 2.05) is 0 Å². The quantitative estimate of drug-likeness (QED) is 0.343. The molecule has 1 fully saturated rings. The van der Waals surface area contributed by atoms with E-state index in [0.717, 1.165) is 0 Å². The van der Waals surface area contributed by atoms with Gasteiger partial charge in [-0.25, -0.2) is 0 Å². The van der Waals surface area contributed by atoms with Crippen molar-refractivity contribution in [3.63, 3.8) is 0 Å². The Hall–Kier alpha value is -2.03. The second kappa shape index (κ2) is 5.76. The van der Waals surface area contributed by atoms with Crippen LogP contribution in [0, 0.1) is 12.8 Å². The third-order valence-electron chi connectivity index (χ3n) is 4.82. The van der Waals surface area contributed by atoms with E-state index >= 15 is 0 Å². The number of aromatic amines is 1. The summed E-state index contributed by atoms with van der Waals surface area (Å²) in [6.45, 7) is 1.66. The Balaban J connectivity index is 1.99. The van der Waals surface area contributed by atoms with Crippen molar-refractivity contribution in [2.45, 2.75) is 13.3 Å². The maximum atomic E-state index is 13.2. The first-order valence-corrected chi connectivity index (χ1v) is 11.0. The normalized spacial score (nSPS) is 16.7. The van der Waals surface area contributed by atoms with Crippen LogP contribution in [0.2, 0.25) is 0 Å². The molecule has 0 unspecified atom stereocenters. The number of ketones is 2. The number of hydrogen-bond acceptors (Lipinski definition) is 4. The zero-order chi connectivity index (χ0) is 17.9. The average Bonchev–Trinajstić information content (AvgIpc) is 2.51. The molecule has 0 amide bonds. The van der Waals surface area contributed by atoms with Gasteiger partial charge in [0, 0.05) is 0 Å². The minimum atomic E-state index is -0.465. The third-order valence-corrected chi connectivity index (χ3v) is 8.56. The van der Waals surface area contributed by atoms with Gasteiger partial charge in [0.2, 0.25) is 0 Å². The fourth-order valence-corrected chi connectivity index (χ4v) is 5.63. The van der Waals surface area contributed by atoms with Gasteiger partial charge in [0.05, 0.1) is 0 Å². The zero-order valence-electron chi connectivity index (χ0n) is 13.8. The van der Waals surface area contributed by atoms with Crippen LogP contribution in [0.5, 0.6) is 0 Å². The van der Waals surface area contributed by atoms with E-state index in [0.29, 0.717) is 29.0 Å². The number of halogens is 1. The van der Waals surface area contributed by atoms with Gasteiger partial charge >= 0.3 is 154 Å². The van der Waals surface area contributed by atoms with Crippen LogP contribution in [0.3, 0.4) is 0 Å². The number of hydrogen-bond donors (Lipinski definition) is 1.